The lowest BCUT2D eigenvalue weighted by Gasteiger charge is -2.20. The van der Waals surface area contributed by atoms with Crippen LogP contribution in [0.4, 0.5) is 0 Å². The van der Waals surface area contributed by atoms with Crippen LogP contribution < -0.4 is 5.32 Å². The maximum atomic E-state index is 5.03. The number of aromatic nitrogens is 2. The van der Waals surface area contributed by atoms with Gasteiger partial charge in [0.05, 0.1) is 11.4 Å². The van der Waals surface area contributed by atoms with Gasteiger partial charge in [0.25, 0.3) is 0 Å². The van der Waals surface area contributed by atoms with Crippen LogP contribution in [0.15, 0.2) is 42.6 Å². The summed E-state index contributed by atoms with van der Waals surface area (Å²) in [6.45, 7) is 11.9. The van der Waals surface area contributed by atoms with Gasteiger partial charge in [-0.05, 0) is 55.6 Å². The van der Waals surface area contributed by atoms with Gasteiger partial charge in [0.2, 0.25) is 0 Å². The minimum absolute atomic E-state index is 0.548. The molecular formula is C23H30N4. The van der Waals surface area contributed by atoms with Crippen LogP contribution in [0.2, 0.25) is 0 Å². The summed E-state index contributed by atoms with van der Waals surface area (Å²) in [5.74, 6) is 0.548. The lowest BCUT2D eigenvalue weighted by atomic mass is 10.0. The van der Waals surface area contributed by atoms with Crippen molar-refractivity contribution in [1.82, 2.24) is 19.6 Å². The zero-order chi connectivity index (χ0) is 18.8. The Balaban J connectivity index is 1.76. The topological polar surface area (TPSA) is 32.6 Å². The summed E-state index contributed by atoms with van der Waals surface area (Å²) in [7, 11) is 0. The number of pyridine rings is 1. The van der Waals surface area contributed by atoms with E-state index in [1.807, 2.05) is 0 Å². The van der Waals surface area contributed by atoms with E-state index in [0.717, 1.165) is 44.1 Å². The number of aryl methyl sites for hydroxylation is 1. The normalized spacial score (nSPS) is 16.1. The van der Waals surface area contributed by atoms with Crippen molar-refractivity contribution in [3.05, 3.63) is 59.4 Å². The van der Waals surface area contributed by atoms with Gasteiger partial charge in [-0.2, -0.15) is 0 Å². The molecule has 0 atom stereocenters. The van der Waals surface area contributed by atoms with E-state index in [1.54, 1.807) is 0 Å². The predicted octanol–water partition coefficient (Wildman–Crippen LogP) is 4.23. The van der Waals surface area contributed by atoms with Crippen LogP contribution in [0.1, 0.15) is 43.0 Å². The number of nitrogens with one attached hydrogen (secondary N) is 1. The van der Waals surface area contributed by atoms with E-state index in [-0.39, 0.29) is 0 Å². The maximum absolute atomic E-state index is 5.03. The van der Waals surface area contributed by atoms with Gasteiger partial charge in [-0.3, -0.25) is 4.90 Å². The molecule has 142 valence electrons. The van der Waals surface area contributed by atoms with Crippen LogP contribution in [-0.2, 0) is 6.54 Å². The number of imidazole rings is 1. The average Bonchev–Trinajstić information content (AvgIpc) is 2.82. The summed E-state index contributed by atoms with van der Waals surface area (Å²) in [6, 6.07) is 13.3. The van der Waals surface area contributed by atoms with Gasteiger partial charge >= 0.3 is 0 Å². The van der Waals surface area contributed by atoms with Gasteiger partial charge in [-0.1, -0.05) is 38.1 Å². The molecule has 1 N–H and O–H groups in total. The fraction of sp³-hybridized carbons (Fsp3) is 0.435. The van der Waals surface area contributed by atoms with Gasteiger partial charge < -0.3 is 9.72 Å². The van der Waals surface area contributed by atoms with E-state index < -0.39 is 0 Å². The molecule has 1 fully saturated rings. The highest BCUT2D eigenvalue weighted by atomic mass is 15.2. The molecule has 3 heterocycles. The molecule has 4 nitrogen and oxygen atoms in total. The molecule has 27 heavy (non-hydrogen) atoms. The van der Waals surface area contributed by atoms with E-state index in [4.69, 9.17) is 4.98 Å². The van der Waals surface area contributed by atoms with Crippen molar-refractivity contribution < 1.29 is 0 Å². The predicted molar refractivity (Wildman–Crippen MR) is 112 cm³/mol. The molecule has 0 spiro atoms. The minimum atomic E-state index is 0.548. The Morgan fingerprint density at radius 2 is 1.89 bits per heavy atom. The highest BCUT2D eigenvalue weighted by molar-refractivity contribution is 5.67. The summed E-state index contributed by atoms with van der Waals surface area (Å²) in [4.78, 5) is 7.58. The Kier molecular flexibility index (Phi) is 5.28. The summed E-state index contributed by atoms with van der Waals surface area (Å²) in [6.07, 6.45) is 3.38. The largest absolute Gasteiger partial charge is 0.315 e. The van der Waals surface area contributed by atoms with Crippen LogP contribution in [-0.4, -0.2) is 40.5 Å². The quantitative estimate of drug-likeness (QED) is 0.754. The summed E-state index contributed by atoms with van der Waals surface area (Å²) >= 11 is 0. The summed E-state index contributed by atoms with van der Waals surface area (Å²) < 4.78 is 2.27. The highest BCUT2D eigenvalue weighted by Gasteiger charge is 2.18. The van der Waals surface area contributed by atoms with Crippen molar-refractivity contribution in [1.29, 1.82) is 0 Å². The molecule has 0 amide bonds. The molecular weight excluding hydrogens is 332 g/mol. The maximum Gasteiger partial charge on any atom is 0.137 e. The van der Waals surface area contributed by atoms with Crippen LogP contribution in [0.3, 0.4) is 0 Å². The molecule has 1 aliphatic rings. The van der Waals surface area contributed by atoms with Crippen molar-refractivity contribution in [2.45, 2.75) is 39.7 Å². The first-order valence-electron chi connectivity index (χ1n) is 10.1. The van der Waals surface area contributed by atoms with Crippen molar-refractivity contribution >= 4 is 5.65 Å². The SMILES string of the molecule is Cc1ccn2c(CN3CCCNCC3)c(-c3ccc(C(C)C)cc3)nc2c1. The lowest BCUT2D eigenvalue weighted by Crippen LogP contribution is -2.28. The first kappa shape index (κ1) is 18.2. The van der Waals surface area contributed by atoms with Crippen molar-refractivity contribution in [3.8, 4) is 11.3 Å². The second-order valence-electron chi connectivity index (χ2n) is 8.00. The van der Waals surface area contributed by atoms with Crippen LogP contribution >= 0.6 is 0 Å². The van der Waals surface area contributed by atoms with Gasteiger partial charge in [-0.15, -0.1) is 0 Å². The number of hydrogen-bond donors (Lipinski definition) is 1. The molecule has 0 saturated carbocycles. The van der Waals surface area contributed by atoms with Crippen molar-refractivity contribution in [2.75, 3.05) is 26.2 Å². The first-order valence-corrected chi connectivity index (χ1v) is 10.1. The second kappa shape index (κ2) is 7.83. The molecule has 0 aliphatic carbocycles. The Labute approximate surface area is 162 Å². The first-order chi connectivity index (χ1) is 13.1. The molecule has 2 aromatic heterocycles. The third-order valence-electron chi connectivity index (χ3n) is 5.54. The molecule has 0 radical (unpaired) electrons. The smallest absolute Gasteiger partial charge is 0.137 e. The van der Waals surface area contributed by atoms with Gasteiger partial charge in [-0.25, -0.2) is 4.98 Å². The zero-order valence-corrected chi connectivity index (χ0v) is 16.7. The molecule has 1 aromatic carbocycles. The monoisotopic (exact) mass is 362 g/mol. The minimum Gasteiger partial charge on any atom is -0.315 e. The molecule has 1 saturated heterocycles. The molecule has 0 bridgehead atoms. The highest BCUT2D eigenvalue weighted by Crippen LogP contribution is 2.28. The van der Waals surface area contributed by atoms with E-state index in [0.29, 0.717) is 5.92 Å². The Hall–Kier alpha value is -2.17. The van der Waals surface area contributed by atoms with E-state index in [9.17, 15) is 0 Å². The Bertz CT molecular complexity index is 900. The summed E-state index contributed by atoms with van der Waals surface area (Å²) in [5, 5.41) is 3.50. The standard InChI is InChI=1S/C23H30N4/c1-17(2)19-5-7-20(8-6-19)23-21(16-26-12-4-10-24-11-14-26)27-13-9-18(3)15-22(27)25-23/h5-9,13,15,17,24H,4,10-12,14,16H2,1-3H3. The molecule has 3 aromatic rings. The van der Waals surface area contributed by atoms with Crippen molar-refractivity contribution in [3.63, 3.8) is 0 Å². The molecule has 4 heteroatoms. The Morgan fingerprint density at radius 1 is 1.07 bits per heavy atom. The van der Waals surface area contributed by atoms with E-state index in [1.165, 1.54) is 28.8 Å². The van der Waals surface area contributed by atoms with E-state index in [2.05, 4.69) is 78.0 Å². The van der Waals surface area contributed by atoms with Gasteiger partial charge in [0, 0.05) is 31.4 Å². The van der Waals surface area contributed by atoms with Crippen LogP contribution in [0.25, 0.3) is 16.9 Å². The average molecular weight is 363 g/mol. The number of rotatable bonds is 4. The Morgan fingerprint density at radius 3 is 2.67 bits per heavy atom. The summed E-state index contributed by atoms with van der Waals surface area (Å²) in [5.41, 5.74) is 7.29. The number of nitrogens with zero attached hydrogens (tertiary/aromatic N) is 3. The van der Waals surface area contributed by atoms with Gasteiger partial charge in [0.15, 0.2) is 0 Å². The fourth-order valence-electron chi connectivity index (χ4n) is 3.88. The van der Waals surface area contributed by atoms with E-state index >= 15 is 0 Å². The fourth-order valence-corrected chi connectivity index (χ4v) is 3.88. The molecule has 1 aliphatic heterocycles. The third kappa shape index (κ3) is 3.92. The number of benzene rings is 1. The number of hydrogen-bond acceptors (Lipinski definition) is 3. The molecule has 4 rings (SSSR count). The van der Waals surface area contributed by atoms with Crippen LogP contribution in [0, 0.1) is 6.92 Å². The zero-order valence-electron chi connectivity index (χ0n) is 16.7. The lowest BCUT2D eigenvalue weighted by molar-refractivity contribution is 0.281. The second-order valence-corrected chi connectivity index (χ2v) is 8.00. The molecule has 0 unspecified atom stereocenters. The third-order valence-corrected chi connectivity index (χ3v) is 5.54. The van der Waals surface area contributed by atoms with Crippen LogP contribution in [0.5, 0.6) is 0 Å². The number of fused-ring (bicyclic) bond motifs is 1. The van der Waals surface area contributed by atoms with Gasteiger partial charge in [0.1, 0.15) is 5.65 Å². The van der Waals surface area contributed by atoms with Crippen molar-refractivity contribution in [2.24, 2.45) is 0 Å².